The van der Waals surface area contributed by atoms with E-state index in [-0.39, 0.29) is 6.04 Å². The molecule has 1 fully saturated rings. The lowest BCUT2D eigenvalue weighted by Gasteiger charge is -2.40. The Morgan fingerprint density at radius 2 is 1.90 bits per heavy atom. The third-order valence-corrected chi connectivity index (χ3v) is 4.59. The molecule has 0 amide bonds. The molecule has 1 aromatic heterocycles. The zero-order valence-corrected chi connectivity index (χ0v) is 13.7. The van der Waals surface area contributed by atoms with Gasteiger partial charge in [-0.1, -0.05) is 6.92 Å². The van der Waals surface area contributed by atoms with Gasteiger partial charge >= 0.3 is 0 Å². The monoisotopic (exact) mass is 290 g/mol. The second-order valence-corrected chi connectivity index (χ2v) is 6.54. The minimum absolute atomic E-state index is 0.192. The van der Waals surface area contributed by atoms with Gasteiger partial charge in [0.25, 0.3) is 0 Å². The zero-order valence-electron chi connectivity index (χ0n) is 13.7. The summed E-state index contributed by atoms with van der Waals surface area (Å²) in [5, 5.41) is 0. The van der Waals surface area contributed by atoms with Crippen molar-refractivity contribution >= 4 is 0 Å². The maximum atomic E-state index is 6.43. The molecule has 0 bridgehead atoms. The average Bonchev–Trinajstić information content (AvgIpc) is 2.49. The minimum Gasteiger partial charge on any atom is -0.326 e. The number of aromatic nitrogens is 1. The lowest BCUT2D eigenvalue weighted by atomic mass is 9.91. The van der Waals surface area contributed by atoms with Crippen LogP contribution in [0, 0.1) is 5.92 Å². The molecule has 2 rings (SSSR count). The summed E-state index contributed by atoms with van der Waals surface area (Å²) in [6.45, 7) is 5.68. The molecule has 1 aliphatic rings. The molecule has 2 N–H and O–H groups in total. The lowest BCUT2D eigenvalue weighted by Crippen LogP contribution is -2.45. The van der Waals surface area contributed by atoms with Crippen LogP contribution in [-0.2, 0) is 0 Å². The quantitative estimate of drug-likeness (QED) is 0.872. The Balaban J connectivity index is 2.03. The maximum Gasteiger partial charge on any atom is 0.0500 e. The van der Waals surface area contributed by atoms with Crippen molar-refractivity contribution in [1.29, 1.82) is 0 Å². The second-order valence-electron chi connectivity index (χ2n) is 6.54. The van der Waals surface area contributed by atoms with Crippen molar-refractivity contribution in [2.75, 3.05) is 33.7 Å². The Bertz CT molecular complexity index is 399. The van der Waals surface area contributed by atoms with Gasteiger partial charge in [-0.2, -0.15) is 0 Å². The molecule has 0 radical (unpaired) electrons. The summed E-state index contributed by atoms with van der Waals surface area (Å²) in [6.07, 6.45) is 7.31. The average molecular weight is 290 g/mol. The fourth-order valence-electron chi connectivity index (χ4n) is 3.44. The van der Waals surface area contributed by atoms with E-state index in [9.17, 15) is 0 Å². The van der Waals surface area contributed by atoms with Gasteiger partial charge in [0.05, 0.1) is 0 Å². The van der Waals surface area contributed by atoms with Crippen molar-refractivity contribution in [1.82, 2.24) is 14.8 Å². The van der Waals surface area contributed by atoms with E-state index in [1.807, 2.05) is 12.4 Å². The molecule has 4 nitrogen and oxygen atoms in total. The second kappa shape index (κ2) is 7.87. The predicted molar refractivity (Wildman–Crippen MR) is 88.1 cm³/mol. The van der Waals surface area contributed by atoms with E-state index in [0.29, 0.717) is 6.04 Å². The van der Waals surface area contributed by atoms with E-state index in [1.165, 1.54) is 24.9 Å². The van der Waals surface area contributed by atoms with E-state index in [1.54, 1.807) is 0 Å². The van der Waals surface area contributed by atoms with Gasteiger partial charge in [-0.15, -0.1) is 0 Å². The van der Waals surface area contributed by atoms with Crippen molar-refractivity contribution in [2.24, 2.45) is 11.7 Å². The van der Waals surface area contributed by atoms with Gasteiger partial charge in [-0.25, -0.2) is 0 Å². The molecule has 2 unspecified atom stereocenters. The van der Waals surface area contributed by atoms with Crippen molar-refractivity contribution < 1.29 is 0 Å². The molecule has 2 atom stereocenters. The molecule has 1 aliphatic heterocycles. The highest BCUT2D eigenvalue weighted by Gasteiger charge is 2.29. The minimum atomic E-state index is 0.192. The Morgan fingerprint density at radius 3 is 2.43 bits per heavy atom. The third-order valence-electron chi connectivity index (χ3n) is 4.59. The molecule has 4 heteroatoms. The number of nitrogens with two attached hydrogens (primary N) is 1. The van der Waals surface area contributed by atoms with Crippen LogP contribution < -0.4 is 5.73 Å². The predicted octanol–water partition coefficient (Wildman–Crippen LogP) is 2.13. The standard InChI is InChI=1S/C17H30N4/c1-4-16(18)17(15-5-9-19-10-6-15)21-11-7-14(8-12-21)13-20(2)3/h5-6,9-10,14,16-17H,4,7-8,11-13,18H2,1-3H3. The molecule has 1 saturated heterocycles. The summed E-state index contributed by atoms with van der Waals surface area (Å²) < 4.78 is 0. The first kappa shape index (κ1) is 16.4. The van der Waals surface area contributed by atoms with Crippen molar-refractivity contribution in [3.8, 4) is 0 Å². The maximum absolute atomic E-state index is 6.43. The molecule has 0 aromatic carbocycles. The van der Waals surface area contributed by atoms with E-state index in [4.69, 9.17) is 5.73 Å². The highest BCUT2D eigenvalue weighted by Crippen LogP contribution is 2.29. The Morgan fingerprint density at radius 1 is 1.29 bits per heavy atom. The largest absolute Gasteiger partial charge is 0.326 e. The number of likely N-dealkylation sites (tertiary alicyclic amines) is 1. The third kappa shape index (κ3) is 4.50. The van der Waals surface area contributed by atoms with Gasteiger partial charge in [0.2, 0.25) is 0 Å². The van der Waals surface area contributed by atoms with Gasteiger partial charge in [0, 0.05) is 31.0 Å². The highest BCUT2D eigenvalue weighted by molar-refractivity contribution is 5.17. The van der Waals surface area contributed by atoms with E-state index < -0.39 is 0 Å². The van der Waals surface area contributed by atoms with Crippen molar-refractivity contribution in [2.45, 2.75) is 38.3 Å². The molecule has 1 aromatic rings. The number of piperidine rings is 1. The first-order valence-electron chi connectivity index (χ1n) is 8.16. The van der Waals surface area contributed by atoms with Crippen LogP contribution in [0.15, 0.2) is 24.5 Å². The Labute approximate surface area is 129 Å². The van der Waals surface area contributed by atoms with Crippen LogP contribution in [-0.4, -0.2) is 54.6 Å². The number of hydrogen-bond acceptors (Lipinski definition) is 4. The van der Waals surface area contributed by atoms with E-state index in [2.05, 4.69) is 47.9 Å². The van der Waals surface area contributed by atoms with Crippen molar-refractivity contribution in [3.63, 3.8) is 0 Å². The van der Waals surface area contributed by atoms with Crippen molar-refractivity contribution in [3.05, 3.63) is 30.1 Å². The first-order valence-corrected chi connectivity index (χ1v) is 8.16. The van der Waals surface area contributed by atoms with Crippen LogP contribution in [0.4, 0.5) is 0 Å². The first-order chi connectivity index (χ1) is 10.1. The summed E-state index contributed by atoms with van der Waals surface area (Å²) in [5.74, 6) is 0.826. The van der Waals surface area contributed by atoms with Gasteiger partial charge in [0.1, 0.15) is 0 Å². The summed E-state index contributed by atoms with van der Waals surface area (Å²) >= 11 is 0. The van der Waals surface area contributed by atoms with E-state index >= 15 is 0 Å². The smallest absolute Gasteiger partial charge is 0.0500 e. The SMILES string of the molecule is CCC(N)C(c1ccncc1)N1CCC(CN(C)C)CC1. The highest BCUT2D eigenvalue weighted by atomic mass is 15.2. The summed E-state index contributed by atoms with van der Waals surface area (Å²) in [5.41, 5.74) is 7.74. The number of nitrogens with zero attached hydrogens (tertiary/aromatic N) is 3. The molecular formula is C17H30N4. The fourth-order valence-corrected chi connectivity index (χ4v) is 3.44. The molecule has 0 spiro atoms. The van der Waals surface area contributed by atoms with Gasteiger partial charge in [-0.05, 0) is 70.1 Å². The van der Waals surface area contributed by atoms with Gasteiger partial charge < -0.3 is 10.6 Å². The van der Waals surface area contributed by atoms with Crippen LogP contribution in [0.2, 0.25) is 0 Å². The van der Waals surface area contributed by atoms with Gasteiger partial charge in [0.15, 0.2) is 0 Å². The molecule has 2 heterocycles. The van der Waals surface area contributed by atoms with Crippen LogP contribution in [0.5, 0.6) is 0 Å². The number of hydrogen-bond donors (Lipinski definition) is 1. The normalized spacial score (nSPS) is 20.6. The summed E-state index contributed by atoms with van der Waals surface area (Å²) in [6, 6.07) is 4.76. The van der Waals surface area contributed by atoms with Gasteiger partial charge in [-0.3, -0.25) is 9.88 Å². The molecule has 21 heavy (non-hydrogen) atoms. The van der Waals surface area contributed by atoms with Crippen LogP contribution >= 0.6 is 0 Å². The summed E-state index contributed by atoms with van der Waals surface area (Å²) in [4.78, 5) is 9.02. The number of rotatable bonds is 6. The molecule has 118 valence electrons. The Kier molecular flexibility index (Phi) is 6.15. The summed E-state index contributed by atoms with van der Waals surface area (Å²) in [7, 11) is 4.33. The Hall–Kier alpha value is -0.970. The van der Waals surface area contributed by atoms with Crippen LogP contribution in [0.25, 0.3) is 0 Å². The van der Waals surface area contributed by atoms with Crippen LogP contribution in [0.3, 0.4) is 0 Å². The molecular weight excluding hydrogens is 260 g/mol. The van der Waals surface area contributed by atoms with Crippen LogP contribution in [0.1, 0.15) is 37.8 Å². The molecule has 0 saturated carbocycles. The fraction of sp³-hybridized carbons (Fsp3) is 0.706. The molecule has 0 aliphatic carbocycles. The zero-order chi connectivity index (χ0) is 15.2. The lowest BCUT2D eigenvalue weighted by molar-refractivity contribution is 0.104. The van der Waals surface area contributed by atoms with E-state index in [0.717, 1.165) is 25.4 Å². The topological polar surface area (TPSA) is 45.4 Å². The number of pyridine rings is 1.